The van der Waals surface area contributed by atoms with E-state index >= 15 is 0 Å². The molecule has 0 saturated heterocycles. The summed E-state index contributed by atoms with van der Waals surface area (Å²) in [6, 6.07) is 0. The second-order valence-electron chi connectivity index (χ2n) is 3.68. The molecule has 1 heterocycles. The third-order valence-corrected chi connectivity index (χ3v) is 2.38. The second-order valence-corrected chi connectivity index (χ2v) is 3.68. The Bertz CT molecular complexity index is 659. The molecule has 1 rings (SSSR count). The van der Waals surface area contributed by atoms with E-state index in [-0.39, 0.29) is 24.3 Å². The molecule has 0 aliphatic rings. The molecule has 0 atom stereocenters. The smallest absolute Gasteiger partial charge is 0.426 e. The normalized spacial score (nSPS) is 10.1. The third-order valence-electron chi connectivity index (χ3n) is 2.38. The van der Waals surface area contributed by atoms with Gasteiger partial charge >= 0.3 is 23.2 Å². The van der Waals surface area contributed by atoms with Crippen LogP contribution >= 0.6 is 0 Å². The molecule has 0 aliphatic heterocycles. The molecule has 0 amide bonds. The number of aromatic nitrogens is 3. The van der Waals surface area contributed by atoms with Crippen molar-refractivity contribution >= 4 is 6.09 Å². The van der Waals surface area contributed by atoms with Crippen LogP contribution in [0.25, 0.3) is 0 Å². The number of carbonyl (C=O) groups is 1. The molecular formula is C12H15N3O5. The highest BCUT2D eigenvalue weighted by Crippen LogP contribution is 1.83. The molecule has 1 aromatic rings. The zero-order valence-electron chi connectivity index (χ0n) is 11.1. The molecule has 108 valence electrons. The Morgan fingerprint density at radius 1 is 1.05 bits per heavy atom. The van der Waals surface area contributed by atoms with Gasteiger partial charge in [0.2, 0.25) is 0 Å². The van der Waals surface area contributed by atoms with Crippen LogP contribution in [-0.2, 0) is 17.8 Å². The van der Waals surface area contributed by atoms with Crippen molar-refractivity contribution in [1.82, 2.24) is 13.7 Å². The molecule has 0 unspecified atom stereocenters. The largest absolute Gasteiger partial charge is 0.449 e. The van der Waals surface area contributed by atoms with Crippen LogP contribution in [0.3, 0.4) is 0 Å². The monoisotopic (exact) mass is 281 g/mol. The first kappa shape index (κ1) is 15.4. The molecule has 8 nitrogen and oxygen atoms in total. The van der Waals surface area contributed by atoms with Gasteiger partial charge in [-0.05, 0) is 6.92 Å². The van der Waals surface area contributed by atoms with E-state index in [1.54, 1.807) is 0 Å². The summed E-state index contributed by atoms with van der Waals surface area (Å²) < 4.78 is 6.35. The number of hydrogen-bond acceptors (Lipinski definition) is 5. The fourth-order valence-electron chi connectivity index (χ4n) is 1.55. The third kappa shape index (κ3) is 2.68. The second kappa shape index (κ2) is 6.50. The van der Waals surface area contributed by atoms with Gasteiger partial charge in [-0.15, -0.1) is 17.7 Å². The van der Waals surface area contributed by atoms with E-state index in [1.807, 2.05) is 0 Å². The summed E-state index contributed by atoms with van der Waals surface area (Å²) in [7, 11) is 0. The molecule has 0 fully saturated rings. The maximum atomic E-state index is 12.0. The quantitative estimate of drug-likeness (QED) is 0.681. The molecule has 20 heavy (non-hydrogen) atoms. The van der Waals surface area contributed by atoms with Crippen molar-refractivity contribution in [2.24, 2.45) is 0 Å². The van der Waals surface area contributed by atoms with Crippen LogP contribution in [0.1, 0.15) is 6.92 Å². The summed E-state index contributed by atoms with van der Waals surface area (Å²) in [5, 5.41) is 0. The van der Waals surface area contributed by atoms with Crippen molar-refractivity contribution in [2.45, 2.75) is 20.0 Å². The van der Waals surface area contributed by atoms with Crippen LogP contribution in [0.4, 0.5) is 4.79 Å². The van der Waals surface area contributed by atoms with Gasteiger partial charge in [0.05, 0.1) is 19.7 Å². The van der Waals surface area contributed by atoms with Gasteiger partial charge in [0.1, 0.15) is 0 Å². The minimum Gasteiger partial charge on any atom is -0.449 e. The average molecular weight is 281 g/mol. The molecule has 8 heteroatoms. The van der Waals surface area contributed by atoms with E-state index in [0.29, 0.717) is 0 Å². The Kier molecular flexibility index (Phi) is 5.01. The molecule has 0 spiro atoms. The first-order valence-corrected chi connectivity index (χ1v) is 5.85. The lowest BCUT2D eigenvalue weighted by Gasteiger charge is -2.10. The lowest BCUT2D eigenvalue weighted by Crippen LogP contribution is -2.56. The van der Waals surface area contributed by atoms with Crippen molar-refractivity contribution in [3.8, 4) is 0 Å². The number of allylic oxidation sites excluding steroid dienone is 2. The van der Waals surface area contributed by atoms with Crippen LogP contribution in [0.5, 0.6) is 0 Å². The Morgan fingerprint density at radius 2 is 1.50 bits per heavy atom. The summed E-state index contributed by atoms with van der Waals surface area (Å²) in [6.45, 7) is 8.10. The number of ether oxygens (including phenoxy) is 1. The van der Waals surface area contributed by atoms with Gasteiger partial charge in [-0.25, -0.2) is 28.3 Å². The molecule has 0 N–H and O–H groups in total. The maximum absolute atomic E-state index is 12.0. The Hall–Kier alpha value is -2.64. The highest BCUT2D eigenvalue weighted by molar-refractivity contribution is 5.69. The van der Waals surface area contributed by atoms with Gasteiger partial charge in [-0.1, -0.05) is 12.2 Å². The lowest BCUT2D eigenvalue weighted by molar-refractivity contribution is 0.149. The number of rotatable bonds is 5. The minimum absolute atomic E-state index is 0.00719. The SMILES string of the molecule is C=CCn1c(=O)n(CC=C)c(=O)n(C(=O)OCC)c1=O. The summed E-state index contributed by atoms with van der Waals surface area (Å²) >= 11 is 0. The standard InChI is InChI=1S/C12H15N3O5/c1-4-7-13-9(16)14(8-5-2)11(18)15(10(13)17)12(19)20-6-3/h4-5H,1-2,6-8H2,3H3. The first-order valence-electron chi connectivity index (χ1n) is 5.85. The zero-order valence-corrected chi connectivity index (χ0v) is 11.1. The highest BCUT2D eigenvalue weighted by atomic mass is 16.5. The maximum Gasteiger partial charge on any atom is 0.426 e. The van der Waals surface area contributed by atoms with Crippen molar-refractivity contribution in [3.63, 3.8) is 0 Å². The molecular weight excluding hydrogens is 266 g/mol. The highest BCUT2D eigenvalue weighted by Gasteiger charge is 2.19. The van der Waals surface area contributed by atoms with Gasteiger partial charge in [-0.2, -0.15) is 0 Å². The van der Waals surface area contributed by atoms with Gasteiger partial charge in [-0.3, -0.25) is 0 Å². The Labute approximate surface area is 113 Å². The van der Waals surface area contributed by atoms with Crippen molar-refractivity contribution in [3.05, 3.63) is 56.8 Å². The molecule has 0 aliphatic carbocycles. The van der Waals surface area contributed by atoms with E-state index < -0.39 is 23.2 Å². The van der Waals surface area contributed by atoms with Crippen molar-refractivity contribution in [2.75, 3.05) is 6.61 Å². The van der Waals surface area contributed by atoms with E-state index in [2.05, 4.69) is 17.9 Å². The van der Waals surface area contributed by atoms with Crippen LogP contribution in [0, 0.1) is 0 Å². The molecule has 1 aromatic heterocycles. The fourth-order valence-corrected chi connectivity index (χ4v) is 1.55. The van der Waals surface area contributed by atoms with Gasteiger partial charge < -0.3 is 4.74 Å². The predicted octanol–water partition coefficient (Wildman–Crippen LogP) is -0.452. The van der Waals surface area contributed by atoms with Crippen LogP contribution in [-0.4, -0.2) is 26.4 Å². The molecule has 0 radical (unpaired) electrons. The summed E-state index contributed by atoms with van der Waals surface area (Å²) in [4.78, 5) is 47.7. The van der Waals surface area contributed by atoms with Crippen molar-refractivity contribution in [1.29, 1.82) is 0 Å². The summed E-state index contributed by atoms with van der Waals surface area (Å²) in [6.07, 6.45) is 1.49. The van der Waals surface area contributed by atoms with Gasteiger partial charge in [0.25, 0.3) is 0 Å². The number of hydrogen-bond donors (Lipinski definition) is 0. The van der Waals surface area contributed by atoms with Crippen LogP contribution < -0.4 is 17.1 Å². The van der Waals surface area contributed by atoms with E-state index in [9.17, 15) is 19.2 Å². The van der Waals surface area contributed by atoms with Crippen molar-refractivity contribution < 1.29 is 9.53 Å². The summed E-state index contributed by atoms with van der Waals surface area (Å²) in [5.74, 6) is 0. The lowest BCUT2D eigenvalue weighted by atomic mass is 10.5. The topological polar surface area (TPSA) is 92.3 Å². The van der Waals surface area contributed by atoms with Crippen LogP contribution in [0.2, 0.25) is 0 Å². The zero-order chi connectivity index (χ0) is 15.3. The predicted molar refractivity (Wildman–Crippen MR) is 72.0 cm³/mol. The molecule has 0 bridgehead atoms. The number of nitrogens with zero attached hydrogens (tertiary/aromatic N) is 3. The van der Waals surface area contributed by atoms with Gasteiger partial charge in [0.15, 0.2) is 0 Å². The number of carbonyl (C=O) groups excluding carboxylic acids is 1. The van der Waals surface area contributed by atoms with E-state index in [4.69, 9.17) is 0 Å². The Morgan fingerprint density at radius 3 is 1.85 bits per heavy atom. The first-order chi connectivity index (χ1) is 9.49. The molecule has 0 aromatic carbocycles. The fraction of sp³-hybridized carbons (Fsp3) is 0.333. The van der Waals surface area contributed by atoms with E-state index in [0.717, 1.165) is 9.13 Å². The Balaban J connectivity index is 3.75. The van der Waals surface area contributed by atoms with E-state index in [1.165, 1.54) is 19.1 Å². The van der Waals surface area contributed by atoms with Gasteiger partial charge in [0, 0.05) is 0 Å². The summed E-state index contributed by atoms with van der Waals surface area (Å²) in [5.41, 5.74) is -2.95. The average Bonchev–Trinajstić information content (AvgIpc) is 2.40. The minimum atomic E-state index is -1.13. The molecule has 0 saturated carbocycles. The van der Waals surface area contributed by atoms with Crippen LogP contribution in [0.15, 0.2) is 39.7 Å².